The number of likely N-dealkylation sites (tertiary alicyclic amines) is 1. The zero-order valence-electron chi connectivity index (χ0n) is 9.87. The maximum Gasteiger partial charge on any atom is 0.417 e. The van der Waals surface area contributed by atoms with E-state index in [2.05, 4.69) is 0 Å². The molecule has 86 valence electrons. The molecule has 0 N–H and O–H groups in total. The molecule has 1 fully saturated rings. The summed E-state index contributed by atoms with van der Waals surface area (Å²) in [6.07, 6.45) is 0.795. The average Bonchev–Trinajstić information content (AvgIpc) is 1.99. The zero-order valence-corrected chi connectivity index (χ0v) is 9.87. The monoisotopic (exact) mass is 213 g/mol. The van der Waals surface area contributed by atoms with E-state index in [0.29, 0.717) is 18.9 Å². The van der Waals surface area contributed by atoms with Gasteiger partial charge in [-0.2, -0.15) is 0 Å². The van der Waals surface area contributed by atoms with Crippen molar-refractivity contribution in [1.29, 1.82) is 0 Å². The largest absolute Gasteiger partial charge is 0.443 e. The Balaban J connectivity index is 2.57. The number of carbonyl (C=O) groups excluding carboxylic acids is 2. The van der Waals surface area contributed by atoms with Gasteiger partial charge in [-0.1, -0.05) is 6.92 Å². The van der Waals surface area contributed by atoms with E-state index in [9.17, 15) is 9.59 Å². The number of amides is 2. The van der Waals surface area contributed by atoms with Crippen molar-refractivity contribution in [2.45, 2.75) is 46.1 Å². The lowest BCUT2D eigenvalue weighted by molar-refractivity contribution is -0.133. The molecule has 1 saturated heterocycles. The van der Waals surface area contributed by atoms with Gasteiger partial charge in [0.25, 0.3) is 0 Å². The topological polar surface area (TPSA) is 46.6 Å². The van der Waals surface area contributed by atoms with Crippen molar-refractivity contribution in [2.75, 3.05) is 6.54 Å². The van der Waals surface area contributed by atoms with Crippen LogP contribution in [0.3, 0.4) is 0 Å². The fourth-order valence-electron chi connectivity index (χ4n) is 1.49. The Morgan fingerprint density at radius 2 is 2.07 bits per heavy atom. The lowest BCUT2D eigenvalue weighted by Crippen LogP contribution is -2.44. The number of rotatable bonds is 0. The number of nitrogens with zero attached hydrogens (tertiary/aromatic N) is 1. The first-order valence-electron chi connectivity index (χ1n) is 5.33. The average molecular weight is 213 g/mol. The second-order valence-corrected chi connectivity index (χ2v) is 5.12. The van der Waals surface area contributed by atoms with E-state index in [0.717, 1.165) is 6.42 Å². The summed E-state index contributed by atoms with van der Waals surface area (Å²) in [5.41, 5.74) is -0.541. The summed E-state index contributed by atoms with van der Waals surface area (Å²) in [7, 11) is 0. The van der Waals surface area contributed by atoms with Crippen molar-refractivity contribution in [3.8, 4) is 0 Å². The van der Waals surface area contributed by atoms with Gasteiger partial charge >= 0.3 is 6.09 Å². The maximum atomic E-state index is 11.6. The predicted octanol–water partition coefficient (Wildman–Crippen LogP) is 2.18. The second-order valence-electron chi connectivity index (χ2n) is 5.12. The van der Waals surface area contributed by atoms with Crippen LogP contribution in [0, 0.1) is 5.92 Å². The minimum Gasteiger partial charge on any atom is -0.443 e. The summed E-state index contributed by atoms with van der Waals surface area (Å²) in [4.78, 5) is 24.4. The van der Waals surface area contributed by atoms with Gasteiger partial charge in [0, 0.05) is 13.0 Å². The minimum atomic E-state index is -0.541. The fourth-order valence-corrected chi connectivity index (χ4v) is 1.49. The molecule has 0 aliphatic carbocycles. The Bertz CT molecular complexity index is 267. The van der Waals surface area contributed by atoms with E-state index in [1.807, 2.05) is 6.92 Å². The highest BCUT2D eigenvalue weighted by atomic mass is 16.6. The molecule has 1 aliphatic rings. The van der Waals surface area contributed by atoms with Crippen LogP contribution < -0.4 is 0 Å². The van der Waals surface area contributed by atoms with E-state index in [1.54, 1.807) is 20.8 Å². The summed E-state index contributed by atoms with van der Waals surface area (Å²) in [5, 5.41) is 0. The first-order valence-corrected chi connectivity index (χ1v) is 5.33. The number of carbonyl (C=O) groups is 2. The number of ether oxygens (including phenoxy) is 1. The lowest BCUT2D eigenvalue weighted by atomic mass is 9.99. The van der Waals surface area contributed by atoms with Crippen molar-refractivity contribution in [1.82, 2.24) is 4.90 Å². The molecular formula is C11H19NO3. The molecule has 0 aromatic carbocycles. The van der Waals surface area contributed by atoms with Crippen LogP contribution >= 0.6 is 0 Å². The molecular weight excluding hydrogens is 194 g/mol. The van der Waals surface area contributed by atoms with Gasteiger partial charge in [0.2, 0.25) is 5.91 Å². The molecule has 1 atom stereocenters. The van der Waals surface area contributed by atoms with Crippen molar-refractivity contribution in [2.24, 2.45) is 5.92 Å². The Kier molecular flexibility index (Phi) is 3.37. The molecule has 1 heterocycles. The Labute approximate surface area is 90.6 Å². The van der Waals surface area contributed by atoms with Crippen LogP contribution in [0.1, 0.15) is 40.5 Å². The molecule has 4 nitrogen and oxygen atoms in total. The van der Waals surface area contributed by atoms with Gasteiger partial charge in [0.05, 0.1) is 0 Å². The van der Waals surface area contributed by atoms with Gasteiger partial charge in [-0.15, -0.1) is 0 Å². The molecule has 0 aromatic heterocycles. The summed E-state index contributed by atoms with van der Waals surface area (Å²) in [5.74, 6) is 0.249. The van der Waals surface area contributed by atoms with Crippen LogP contribution in [0.25, 0.3) is 0 Å². The van der Waals surface area contributed by atoms with Crippen LogP contribution in [-0.2, 0) is 9.53 Å². The van der Waals surface area contributed by atoms with E-state index >= 15 is 0 Å². The molecule has 0 saturated carbocycles. The normalized spacial score (nSPS) is 22.8. The third kappa shape index (κ3) is 3.53. The smallest absolute Gasteiger partial charge is 0.417 e. The Hall–Kier alpha value is -1.06. The quantitative estimate of drug-likeness (QED) is 0.619. The molecule has 1 rings (SSSR count). The van der Waals surface area contributed by atoms with E-state index in [4.69, 9.17) is 4.74 Å². The SMILES string of the molecule is C[C@H]1CCN(C(=O)OC(C)(C)C)C(=O)C1. The Morgan fingerprint density at radius 1 is 1.47 bits per heavy atom. The standard InChI is InChI=1S/C11H19NO3/c1-8-5-6-12(9(13)7-8)10(14)15-11(2,3)4/h8H,5-7H2,1-4H3/t8-/m0/s1. The molecule has 0 aromatic rings. The van der Waals surface area contributed by atoms with Crippen molar-refractivity contribution in [3.05, 3.63) is 0 Å². The van der Waals surface area contributed by atoms with Gasteiger partial charge in [0.1, 0.15) is 5.60 Å². The van der Waals surface area contributed by atoms with Gasteiger partial charge in [-0.25, -0.2) is 9.69 Å². The number of imide groups is 1. The van der Waals surface area contributed by atoms with E-state index in [1.165, 1.54) is 4.90 Å². The minimum absolute atomic E-state index is 0.122. The maximum absolute atomic E-state index is 11.6. The number of piperidine rings is 1. The molecule has 1 aliphatic heterocycles. The highest BCUT2D eigenvalue weighted by molar-refractivity contribution is 5.92. The highest BCUT2D eigenvalue weighted by Gasteiger charge is 2.31. The van der Waals surface area contributed by atoms with E-state index in [-0.39, 0.29) is 5.91 Å². The molecule has 0 bridgehead atoms. The van der Waals surface area contributed by atoms with Gasteiger partial charge in [0.15, 0.2) is 0 Å². The van der Waals surface area contributed by atoms with Crippen LogP contribution in [-0.4, -0.2) is 29.0 Å². The third-order valence-corrected chi connectivity index (χ3v) is 2.28. The van der Waals surface area contributed by atoms with Gasteiger partial charge in [-0.05, 0) is 33.1 Å². The second kappa shape index (κ2) is 4.21. The first kappa shape index (κ1) is 12.0. The predicted molar refractivity (Wildman–Crippen MR) is 56.3 cm³/mol. The number of hydrogen-bond donors (Lipinski definition) is 0. The van der Waals surface area contributed by atoms with Crippen molar-refractivity contribution in [3.63, 3.8) is 0 Å². The first-order chi connectivity index (χ1) is 6.79. The van der Waals surface area contributed by atoms with Crippen LogP contribution in [0.15, 0.2) is 0 Å². The fraction of sp³-hybridized carbons (Fsp3) is 0.818. The third-order valence-electron chi connectivity index (χ3n) is 2.28. The lowest BCUT2D eigenvalue weighted by Gasteiger charge is -2.30. The molecule has 0 spiro atoms. The number of hydrogen-bond acceptors (Lipinski definition) is 3. The molecule has 15 heavy (non-hydrogen) atoms. The summed E-state index contributed by atoms with van der Waals surface area (Å²) >= 11 is 0. The summed E-state index contributed by atoms with van der Waals surface area (Å²) in [6.45, 7) is 7.88. The highest BCUT2D eigenvalue weighted by Crippen LogP contribution is 2.19. The molecule has 0 radical (unpaired) electrons. The van der Waals surface area contributed by atoms with E-state index < -0.39 is 11.7 Å². The molecule has 4 heteroatoms. The molecule has 0 unspecified atom stereocenters. The summed E-state index contributed by atoms with van der Waals surface area (Å²) in [6, 6.07) is 0. The van der Waals surface area contributed by atoms with Gasteiger partial charge < -0.3 is 4.74 Å². The summed E-state index contributed by atoms with van der Waals surface area (Å²) < 4.78 is 5.15. The molecule has 2 amide bonds. The zero-order chi connectivity index (χ0) is 11.6. The Morgan fingerprint density at radius 3 is 2.53 bits per heavy atom. The van der Waals surface area contributed by atoms with Gasteiger partial charge in [-0.3, -0.25) is 4.79 Å². The van der Waals surface area contributed by atoms with Crippen LogP contribution in [0.5, 0.6) is 0 Å². The van der Waals surface area contributed by atoms with Crippen LogP contribution in [0.4, 0.5) is 4.79 Å². The van der Waals surface area contributed by atoms with Crippen LogP contribution in [0.2, 0.25) is 0 Å². The van der Waals surface area contributed by atoms with Crippen molar-refractivity contribution >= 4 is 12.0 Å². The van der Waals surface area contributed by atoms with Crippen molar-refractivity contribution < 1.29 is 14.3 Å².